The van der Waals surface area contributed by atoms with E-state index in [0.29, 0.717) is 11.2 Å². The first-order valence-corrected chi connectivity index (χ1v) is 8.35. The lowest BCUT2D eigenvalue weighted by atomic mass is 10.2. The molecule has 0 aliphatic rings. The van der Waals surface area contributed by atoms with Crippen LogP contribution >= 0.6 is 0 Å². The number of imidazole rings is 1. The molecule has 3 aromatic rings. The number of rotatable bonds is 4. The summed E-state index contributed by atoms with van der Waals surface area (Å²) in [4.78, 5) is 18.1. The highest BCUT2D eigenvalue weighted by Crippen LogP contribution is 2.25. The number of sulfonamides is 1. The van der Waals surface area contributed by atoms with Gasteiger partial charge in [-0.2, -0.15) is 0 Å². The minimum absolute atomic E-state index is 0.186. The van der Waals surface area contributed by atoms with Gasteiger partial charge in [-0.3, -0.25) is 9.52 Å². The van der Waals surface area contributed by atoms with Crippen molar-refractivity contribution < 1.29 is 18.3 Å². The largest absolute Gasteiger partial charge is 0.507 e. The number of aromatic amines is 1. The summed E-state index contributed by atoms with van der Waals surface area (Å²) in [5.41, 5.74) is 7.46. The fourth-order valence-corrected chi connectivity index (χ4v) is 3.44. The number of amides is 1. The van der Waals surface area contributed by atoms with E-state index in [2.05, 4.69) is 14.7 Å². The van der Waals surface area contributed by atoms with Crippen LogP contribution in [0.4, 0.5) is 5.69 Å². The number of H-pyrrole nitrogens is 1. The van der Waals surface area contributed by atoms with E-state index in [1.165, 1.54) is 12.4 Å². The van der Waals surface area contributed by atoms with Gasteiger partial charge >= 0.3 is 0 Å². The van der Waals surface area contributed by atoms with Crippen molar-refractivity contribution in [2.24, 2.45) is 5.73 Å². The smallest absolute Gasteiger partial charge is 0.261 e. The summed E-state index contributed by atoms with van der Waals surface area (Å²) in [6.45, 7) is 1.82. The second-order valence-electron chi connectivity index (χ2n) is 5.24. The maximum absolute atomic E-state index is 12.5. The molecule has 2 aromatic carbocycles. The van der Waals surface area contributed by atoms with Gasteiger partial charge in [-0.05, 0) is 42.8 Å². The monoisotopic (exact) mass is 346 g/mol. The first kappa shape index (κ1) is 15.8. The molecule has 9 heteroatoms. The van der Waals surface area contributed by atoms with Gasteiger partial charge in [0.15, 0.2) is 0 Å². The summed E-state index contributed by atoms with van der Waals surface area (Å²) in [6.07, 6.45) is 1.52. The Morgan fingerprint density at radius 2 is 2.04 bits per heavy atom. The van der Waals surface area contributed by atoms with Crippen LogP contribution in [0.3, 0.4) is 0 Å². The van der Waals surface area contributed by atoms with E-state index in [1.807, 2.05) is 6.92 Å². The summed E-state index contributed by atoms with van der Waals surface area (Å²) in [5.74, 6) is -1.30. The highest BCUT2D eigenvalue weighted by molar-refractivity contribution is 7.92. The van der Waals surface area contributed by atoms with Crippen LogP contribution in [0.25, 0.3) is 11.0 Å². The van der Waals surface area contributed by atoms with Crippen LogP contribution in [0.5, 0.6) is 5.75 Å². The number of aryl methyl sites for hydroxylation is 1. The number of benzene rings is 2. The maximum atomic E-state index is 12.5. The van der Waals surface area contributed by atoms with E-state index in [9.17, 15) is 18.3 Å². The van der Waals surface area contributed by atoms with Gasteiger partial charge in [0.05, 0.1) is 33.5 Å². The predicted octanol–water partition coefficient (Wildman–Crippen LogP) is 1.48. The lowest BCUT2D eigenvalue weighted by Gasteiger charge is -2.10. The highest BCUT2D eigenvalue weighted by atomic mass is 32.2. The molecule has 24 heavy (non-hydrogen) atoms. The number of primary amides is 1. The number of nitrogens with one attached hydrogen (secondary N) is 2. The molecule has 0 bridgehead atoms. The zero-order valence-corrected chi connectivity index (χ0v) is 13.4. The van der Waals surface area contributed by atoms with Crippen molar-refractivity contribution in [3.8, 4) is 5.75 Å². The number of fused-ring (bicyclic) bond motifs is 1. The molecule has 1 heterocycles. The first-order chi connectivity index (χ1) is 11.3. The van der Waals surface area contributed by atoms with Crippen molar-refractivity contribution in [2.45, 2.75) is 11.8 Å². The van der Waals surface area contributed by atoms with Crippen LogP contribution in [-0.2, 0) is 10.0 Å². The number of aromatic nitrogens is 2. The van der Waals surface area contributed by atoms with Gasteiger partial charge in [0.2, 0.25) is 0 Å². The molecule has 0 unspecified atom stereocenters. The molecule has 5 N–H and O–H groups in total. The van der Waals surface area contributed by atoms with E-state index in [0.717, 1.165) is 23.2 Å². The molecule has 0 atom stereocenters. The van der Waals surface area contributed by atoms with Gasteiger partial charge in [0.25, 0.3) is 15.9 Å². The number of hydrogen-bond donors (Lipinski definition) is 4. The van der Waals surface area contributed by atoms with Gasteiger partial charge < -0.3 is 15.8 Å². The Labute approximate surface area is 137 Å². The molecule has 3 rings (SSSR count). The van der Waals surface area contributed by atoms with Crippen LogP contribution in [0.15, 0.2) is 41.6 Å². The molecule has 0 saturated heterocycles. The normalized spacial score (nSPS) is 11.5. The molecule has 124 valence electrons. The molecule has 0 aliphatic carbocycles. The van der Waals surface area contributed by atoms with Gasteiger partial charge in [0.1, 0.15) is 5.75 Å². The van der Waals surface area contributed by atoms with Gasteiger partial charge in [0, 0.05) is 0 Å². The molecule has 0 radical (unpaired) electrons. The third-order valence-corrected chi connectivity index (χ3v) is 4.90. The van der Waals surface area contributed by atoms with Crippen molar-refractivity contribution in [3.05, 3.63) is 47.8 Å². The van der Waals surface area contributed by atoms with Crippen LogP contribution in [0, 0.1) is 6.92 Å². The third-order valence-electron chi connectivity index (χ3n) is 3.52. The molecular formula is C15H14N4O4S. The standard InChI is InChI=1S/C15H14N4O4S/c1-8-4-9(5-12-14(8)18-7-17-12)19-24(22,23)10-2-3-13(20)11(6-10)15(16)21/h2-7,19-20H,1H3,(H2,16,21)(H,17,18). The van der Waals surface area contributed by atoms with E-state index < -0.39 is 15.9 Å². The van der Waals surface area contributed by atoms with Crippen molar-refractivity contribution >= 4 is 32.7 Å². The molecule has 1 amide bonds. The SMILES string of the molecule is Cc1cc(NS(=O)(=O)c2ccc(O)c(C(N)=O)c2)cc2nc[nH]c12. The van der Waals surface area contributed by atoms with Gasteiger partial charge in [-0.25, -0.2) is 13.4 Å². The van der Waals surface area contributed by atoms with Crippen molar-refractivity contribution in [1.82, 2.24) is 9.97 Å². The van der Waals surface area contributed by atoms with Gasteiger partial charge in [-0.1, -0.05) is 0 Å². The maximum Gasteiger partial charge on any atom is 0.261 e. The summed E-state index contributed by atoms with van der Waals surface area (Å²) in [5, 5.41) is 9.56. The summed E-state index contributed by atoms with van der Waals surface area (Å²) < 4.78 is 27.4. The summed E-state index contributed by atoms with van der Waals surface area (Å²) in [7, 11) is -3.96. The molecule has 8 nitrogen and oxygen atoms in total. The Hall–Kier alpha value is -3.07. The summed E-state index contributed by atoms with van der Waals surface area (Å²) in [6, 6.07) is 6.57. The van der Waals surface area contributed by atoms with E-state index in [1.54, 1.807) is 12.1 Å². The number of nitrogens with zero attached hydrogens (tertiary/aromatic N) is 1. The number of carbonyl (C=O) groups is 1. The third kappa shape index (κ3) is 2.76. The molecule has 0 fully saturated rings. The van der Waals surface area contributed by atoms with E-state index in [-0.39, 0.29) is 16.2 Å². The minimum Gasteiger partial charge on any atom is -0.507 e. The Morgan fingerprint density at radius 3 is 2.75 bits per heavy atom. The first-order valence-electron chi connectivity index (χ1n) is 6.87. The van der Waals surface area contributed by atoms with Crippen LogP contribution in [0.1, 0.15) is 15.9 Å². The number of anilines is 1. The zero-order valence-electron chi connectivity index (χ0n) is 12.6. The molecule has 0 spiro atoms. The number of phenols is 1. The predicted molar refractivity (Wildman–Crippen MR) is 88.3 cm³/mol. The topological polar surface area (TPSA) is 138 Å². The van der Waals surface area contributed by atoms with Crippen molar-refractivity contribution in [1.29, 1.82) is 0 Å². The number of carbonyl (C=O) groups excluding carboxylic acids is 1. The Morgan fingerprint density at radius 1 is 1.29 bits per heavy atom. The fraction of sp³-hybridized carbons (Fsp3) is 0.0667. The van der Waals surface area contributed by atoms with Crippen LogP contribution < -0.4 is 10.5 Å². The van der Waals surface area contributed by atoms with Gasteiger partial charge in [-0.15, -0.1) is 0 Å². The Kier molecular flexibility index (Phi) is 3.64. The summed E-state index contributed by atoms with van der Waals surface area (Å²) >= 11 is 0. The van der Waals surface area contributed by atoms with Crippen LogP contribution in [0.2, 0.25) is 0 Å². The lowest BCUT2D eigenvalue weighted by molar-refractivity contribution is 0.0997. The van der Waals surface area contributed by atoms with Crippen LogP contribution in [-0.4, -0.2) is 29.4 Å². The molecular weight excluding hydrogens is 332 g/mol. The second kappa shape index (κ2) is 5.53. The zero-order chi connectivity index (χ0) is 17.5. The average molecular weight is 346 g/mol. The Bertz CT molecular complexity index is 1060. The minimum atomic E-state index is -3.96. The van der Waals surface area contributed by atoms with Crippen molar-refractivity contribution in [3.63, 3.8) is 0 Å². The van der Waals surface area contributed by atoms with Crippen molar-refractivity contribution in [2.75, 3.05) is 4.72 Å². The quantitative estimate of drug-likeness (QED) is 0.567. The lowest BCUT2D eigenvalue weighted by Crippen LogP contribution is -2.16. The molecule has 1 aromatic heterocycles. The molecule has 0 saturated carbocycles. The highest BCUT2D eigenvalue weighted by Gasteiger charge is 2.19. The average Bonchev–Trinajstić information content (AvgIpc) is 2.95. The number of hydrogen-bond acceptors (Lipinski definition) is 5. The van der Waals surface area contributed by atoms with E-state index >= 15 is 0 Å². The fourth-order valence-electron chi connectivity index (χ4n) is 2.38. The Balaban J connectivity index is 2.01. The second-order valence-corrected chi connectivity index (χ2v) is 6.92. The molecule has 0 aliphatic heterocycles. The number of aromatic hydroxyl groups is 1. The number of nitrogens with two attached hydrogens (primary N) is 1. The van der Waals surface area contributed by atoms with E-state index in [4.69, 9.17) is 5.73 Å².